The molecule has 2 atom stereocenters. The monoisotopic (exact) mass is 347 g/mol. The van der Waals surface area contributed by atoms with Crippen LogP contribution in [0, 0.1) is 5.41 Å². The van der Waals surface area contributed by atoms with Crippen molar-refractivity contribution in [2.75, 3.05) is 13.1 Å². The highest BCUT2D eigenvalue weighted by Gasteiger charge is 2.39. The number of carbonyl (C=O) groups is 1. The van der Waals surface area contributed by atoms with Gasteiger partial charge in [-0.3, -0.25) is 0 Å². The predicted molar refractivity (Wildman–Crippen MR) is 94.4 cm³/mol. The highest BCUT2D eigenvalue weighted by molar-refractivity contribution is 5.68. The molecule has 1 aliphatic carbocycles. The van der Waals surface area contributed by atoms with Crippen LogP contribution in [-0.2, 0) is 4.74 Å². The number of carbonyl (C=O) groups excluding carboxylic acids is 1. The average molecular weight is 347 g/mol. The molecule has 2 unspecified atom stereocenters. The minimum absolute atomic E-state index is 0.0768. The fourth-order valence-electron chi connectivity index (χ4n) is 3.71. The highest BCUT2D eigenvalue weighted by atomic mass is 16.6. The molecule has 1 aromatic heterocycles. The van der Waals surface area contributed by atoms with Crippen molar-refractivity contribution in [1.29, 1.82) is 0 Å². The van der Waals surface area contributed by atoms with Gasteiger partial charge in [-0.2, -0.15) is 4.98 Å². The Morgan fingerprint density at radius 2 is 2.16 bits per heavy atom. The topological polar surface area (TPSA) is 68.5 Å². The van der Waals surface area contributed by atoms with Crippen LogP contribution >= 0.6 is 0 Å². The van der Waals surface area contributed by atoms with Gasteiger partial charge in [0.15, 0.2) is 5.82 Å². The molecule has 0 spiro atoms. The molecule has 1 saturated carbocycles. The molecule has 1 aliphatic heterocycles. The van der Waals surface area contributed by atoms with Crippen molar-refractivity contribution in [2.45, 2.75) is 71.3 Å². The second-order valence-corrected chi connectivity index (χ2v) is 8.84. The second-order valence-electron chi connectivity index (χ2n) is 8.84. The Balaban J connectivity index is 1.70. The minimum atomic E-state index is -0.501. The van der Waals surface area contributed by atoms with Crippen molar-refractivity contribution < 1.29 is 14.1 Å². The zero-order valence-corrected chi connectivity index (χ0v) is 15.9. The van der Waals surface area contributed by atoms with E-state index in [0.29, 0.717) is 24.9 Å². The van der Waals surface area contributed by atoms with Crippen LogP contribution < -0.4 is 0 Å². The van der Waals surface area contributed by atoms with Crippen molar-refractivity contribution in [2.24, 2.45) is 5.41 Å². The number of rotatable bonds is 2. The van der Waals surface area contributed by atoms with Crippen LogP contribution in [0.15, 0.2) is 16.7 Å². The van der Waals surface area contributed by atoms with E-state index in [9.17, 15) is 4.79 Å². The number of ether oxygens (including phenoxy) is 1. The second kappa shape index (κ2) is 6.46. The fourth-order valence-corrected chi connectivity index (χ4v) is 3.71. The average Bonchev–Trinajstić information content (AvgIpc) is 3.11. The Labute approximate surface area is 149 Å². The molecular weight excluding hydrogens is 318 g/mol. The molecule has 6 heteroatoms. The summed E-state index contributed by atoms with van der Waals surface area (Å²) in [5.41, 5.74) is -0.286. The van der Waals surface area contributed by atoms with Gasteiger partial charge in [0.1, 0.15) is 5.60 Å². The van der Waals surface area contributed by atoms with E-state index in [1.54, 1.807) is 4.90 Å². The predicted octanol–water partition coefficient (Wildman–Crippen LogP) is 4.25. The molecule has 1 fully saturated rings. The third-order valence-corrected chi connectivity index (χ3v) is 5.11. The van der Waals surface area contributed by atoms with Gasteiger partial charge >= 0.3 is 6.09 Å². The number of aromatic nitrogens is 2. The van der Waals surface area contributed by atoms with Gasteiger partial charge < -0.3 is 14.2 Å². The lowest BCUT2D eigenvalue weighted by atomic mass is 9.81. The number of hydrogen-bond donors (Lipinski definition) is 0. The van der Waals surface area contributed by atoms with E-state index in [4.69, 9.17) is 9.26 Å². The maximum Gasteiger partial charge on any atom is 0.410 e. The molecule has 0 aromatic carbocycles. The Bertz CT molecular complexity index is 657. The molecule has 2 aliphatic rings. The summed E-state index contributed by atoms with van der Waals surface area (Å²) in [6.45, 7) is 11.2. The summed E-state index contributed by atoms with van der Waals surface area (Å²) >= 11 is 0. The number of nitrogens with zero attached hydrogens (tertiary/aromatic N) is 3. The van der Waals surface area contributed by atoms with Crippen molar-refractivity contribution in [1.82, 2.24) is 15.0 Å². The van der Waals surface area contributed by atoms with Crippen molar-refractivity contribution in [3.63, 3.8) is 0 Å². The van der Waals surface area contributed by atoms with Crippen molar-refractivity contribution in [3.05, 3.63) is 23.9 Å². The molecule has 3 rings (SSSR count). The lowest BCUT2D eigenvalue weighted by molar-refractivity contribution is 0.0255. The standard InChI is InChI=1S/C19H29N3O3/c1-18(2,3)24-17(23)22-11-7-8-13(12-22)16-20-15(21-25-16)14-9-6-10-19(14,4)5/h7-8,13-14H,6,9-12H2,1-5H3. The Morgan fingerprint density at radius 1 is 1.40 bits per heavy atom. The largest absolute Gasteiger partial charge is 0.444 e. The summed E-state index contributed by atoms with van der Waals surface area (Å²) in [7, 11) is 0. The lowest BCUT2D eigenvalue weighted by Gasteiger charge is -2.30. The van der Waals surface area contributed by atoms with Gasteiger partial charge in [0.2, 0.25) is 5.89 Å². The normalized spacial score (nSPS) is 26.0. The Morgan fingerprint density at radius 3 is 2.80 bits per heavy atom. The molecule has 0 radical (unpaired) electrons. The summed E-state index contributed by atoms with van der Waals surface area (Å²) in [6, 6.07) is 0. The Kier molecular flexibility index (Phi) is 4.64. The molecule has 25 heavy (non-hydrogen) atoms. The van der Waals surface area contributed by atoms with Crippen LogP contribution in [0.4, 0.5) is 4.79 Å². The molecule has 2 heterocycles. The molecule has 1 aromatic rings. The smallest absolute Gasteiger partial charge is 0.410 e. The zero-order chi connectivity index (χ0) is 18.2. The van der Waals surface area contributed by atoms with Crippen LogP contribution in [0.25, 0.3) is 0 Å². The third-order valence-electron chi connectivity index (χ3n) is 5.11. The van der Waals surface area contributed by atoms with Gasteiger partial charge in [0, 0.05) is 19.0 Å². The number of hydrogen-bond acceptors (Lipinski definition) is 5. The van der Waals surface area contributed by atoms with E-state index in [0.717, 1.165) is 12.2 Å². The maximum absolute atomic E-state index is 12.3. The van der Waals surface area contributed by atoms with E-state index in [1.807, 2.05) is 32.9 Å². The van der Waals surface area contributed by atoms with Gasteiger partial charge in [-0.05, 0) is 39.0 Å². The van der Waals surface area contributed by atoms with Crippen LogP contribution in [0.1, 0.15) is 77.4 Å². The van der Waals surface area contributed by atoms with Crippen LogP contribution in [0.5, 0.6) is 0 Å². The van der Waals surface area contributed by atoms with Gasteiger partial charge in [-0.15, -0.1) is 0 Å². The Hall–Kier alpha value is -1.85. The fraction of sp³-hybridized carbons (Fsp3) is 0.737. The SMILES string of the molecule is CC(C)(C)OC(=O)N1CC=CC(c2nc(C3CCCC3(C)C)no2)C1. The van der Waals surface area contributed by atoms with Gasteiger partial charge in [-0.1, -0.05) is 37.6 Å². The summed E-state index contributed by atoms with van der Waals surface area (Å²) in [6.07, 6.45) is 7.20. The summed E-state index contributed by atoms with van der Waals surface area (Å²) < 4.78 is 11.0. The molecular formula is C19H29N3O3. The van der Waals surface area contributed by atoms with Crippen LogP contribution in [-0.4, -0.2) is 39.8 Å². The first-order valence-corrected chi connectivity index (χ1v) is 9.14. The van der Waals surface area contributed by atoms with Crippen molar-refractivity contribution >= 4 is 6.09 Å². The van der Waals surface area contributed by atoms with E-state index in [1.165, 1.54) is 12.8 Å². The molecule has 0 N–H and O–H groups in total. The quantitative estimate of drug-likeness (QED) is 0.748. The lowest BCUT2D eigenvalue weighted by Crippen LogP contribution is -2.40. The zero-order valence-electron chi connectivity index (χ0n) is 15.9. The van der Waals surface area contributed by atoms with Crippen molar-refractivity contribution in [3.8, 4) is 0 Å². The number of amides is 1. The molecule has 0 saturated heterocycles. The summed E-state index contributed by atoms with van der Waals surface area (Å²) in [4.78, 5) is 18.6. The van der Waals surface area contributed by atoms with E-state index >= 15 is 0 Å². The minimum Gasteiger partial charge on any atom is -0.444 e. The first-order valence-electron chi connectivity index (χ1n) is 9.14. The first kappa shape index (κ1) is 18.0. The van der Waals surface area contributed by atoms with Crippen LogP contribution in [0.3, 0.4) is 0 Å². The third kappa shape index (κ3) is 4.05. The summed E-state index contributed by atoms with van der Waals surface area (Å²) in [5.74, 6) is 1.66. The van der Waals surface area contributed by atoms with E-state index in [-0.39, 0.29) is 17.4 Å². The molecule has 0 bridgehead atoms. The molecule has 138 valence electrons. The molecule has 6 nitrogen and oxygen atoms in total. The van der Waals surface area contributed by atoms with E-state index < -0.39 is 5.60 Å². The maximum atomic E-state index is 12.3. The highest BCUT2D eigenvalue weighted by Crippen LogP contribution is 2.47. The van der Waals surface area contributed by atoms with Gasteiger partial charge in [0.05, 0.1) is 5.92 Å². The van der Waals surface area contributed by atoms with Gasteiger partial charge in [0.25, 0.3) is 0 Å². The summed E-state index contributed by atoms with van der Waals surface area (Å²) in [5, 5.41) is 4.24. The van der Waals surface area contributed by atoms with Gasteiger partial charge in [-0.25, -0.2) is 4.79 Å². The molecule has 1 amide bonds. The first-order chi connectivity index (χ1) is 11.7. The van der Waals surface area contributed by atoms with E-state index in [2.05, 4.69) is 24.0 Å². The van der Waals surface area contributed by atoms with Crippen LogP contribution in [0.2, 0.25) is 0 Å².